The molecule has 2 saturated carbocycles. The number of fused-ring (bicyclic) bond motifs is 1. The normalized spacial score (nSPS) is 13.9. The van der Waals surface area contributed by atoms with Crippen molar-refractivity contribution in [2.24, 2.45) is 0 Å². The third-order valence-electron chi connectivity index (χ3n) is 5.34. The molecule has 36 heavy (non-hydrogen) atoms. The maximum absolute atomic E-state index is 12.7. The molecule has 0 saturated heterocycles. The summed E-state index contributed by atoms with van der Waals surface area (Å²) in [6.07, 6.45) is 4.48. The lowest BCUT2D eigenvalue weighted by Gasteiger charge is -2.09. The molecular weight excluding hydrogens is 467 g/mol. The smallest absolute Gasteiger partial charge is 0.333 e. The van der Waals surface area contributed by atoms with Crippen molar-refractivity contribution >= 4 is 17.1 Å². The minimum absolute atomic E-state index is 0.0628. The summed E-state index contributed by atoms with van der Waals surface area (Å²) >= 11 is 0. The van der Waals surface area contributed by atoms with E-state index in [1.807, 2.05) is 20.8 Å². The monoisotopic (exact) mass is 498 g/mol. The molecule has 2 aliphatic carbocycles. The van der Waals surface area contributed by atoms with E-state index in [4.69, 9.17) is 9.47 Å². The molecule has 1 N–H and O–H groups in total. The van der Waals surface area contributed by atoms with Crippen LogP contribution in [0.3, 0.4) is 0 Å². The first-order valence-corrected chi connectivity index (χ1v) is 12.1. The fourth-order valence-electron chi connectivity index (χ4n) is 3.53. The van der Waals surface area contributed by atoms with Crippen LogP contribution in [0, 0.1) is 17.7 Å². The van der Waals surface area contributed by atoms with Gasteiger partial charge in [0.15, 0.2) is 28.5 Å². The SMILES string of the molecule is CC.CCC#Cc1nc2c([nH]1)c(=O)n(C1CC1)c(=O)n2C1CC1.COc1cc(F)ccc1OC(C)=O. The highest BCUT2D eigenvalue weighted by Gasteiger charge is 2.34. The molecule has 2 heterocycles. The summed E-state index contributed by atoms with van der Waals surface area (Å²) in [5.74, 6) is 5.82. The largest absolute Gasteiger partial charge is 0.493 e. The first-order valence-electron chi connectivity index (χ1n) is 12.1. The summed E-state index contributed by atoms with van der Waals surface area (Å²) in [5.41, 5.74) is 0.407. The topological polar surface area (TPSA) is 108 Å². The van der Waals surface area contributed by atoms with Gasteiger partial charge in [0.2, 0.25) is 0 Å². The Hall–Kier alpha value is -3.87. The highest BCUT2D eigenvalue weighted by molar-refractivity contribution is 5.71. The minimum atomic E-state index is -0.468. The van der Waals surface area contributed by atoms with Crippen LogP contribution >= 0.6 is 0 Å². The number of aromatic amines is 1. The molecule has 0 aliphatic heterocycles. The number of ether oxygens (including phenoxy) is 2. The van der Waals surface area contributed by atoms with Crippen LogP contribution < -0.4 is 20.7 Å². The molecule has 1 aromatic carbocycles. The maximum Gasteiger partial charge on any atom is 0.333 e. The number of H-pyrrole nitrogens is 1. The minimum Gasteiger partial charge on any atom is -0.493 e. The van der Waals surface area contributed by atoms with Gasteiger partial charge in [0.1, 0.15) is 5.82 Å². The van der Waals surface area contributed by atoms with Crippen molar-refractivity contribution in [3.63, 3.8) is 0 Å². The molecule has 5 rings (SSSR count). The third kappa shape index (κ3) is 6.03. The highest BCUT2D eigenvalue weighted by Crippen LogP contribution is 2.36. The number of nitrogens with one attached hydrogen (secondary N) is 1. The van der Waals surface area contributed by atoms with Crippen LogP contribution in [0.1, 0.15) is 77.7 Å². The second-order valence-electron chi connectivity index (χ2n) is 8.12. The van der Waals surface area contributed by atoms with Crippen molar-refractivity contribution in [3.05, 3.63) is 50.7 Å². The zero-order chi connectivity index (χ0) is 26.4. The summed E-state index contributed by atoms with van der Waals surface area (Å²) < 4.78 is 25.3. The van der Waals surface area contributed by atoms with Gasteiger partial charge in [-0.1, -0.05) is 26.7 Å². The number of hydrogen-bond acceptors (Lipinski definition) is 6. The first-order chi connectivity index (χ1) is 17.3. The Morgan fingerprint density at radius 3 is 2.33 bits per heavy atom. The predicted molar refractivity (Wildman–Crippen MR) is 134 cm³/mol. The Kier molecular flexibility index (Phi) is 8.69. The van der Waals surface area contributed by atoms with Crippen molar-refractivity contribution < 1.29 is 18.7 Å². The second-order valence-corrected chi connectivity index (χ2v) is 8.12. The van der Waals surface area contributed by atoms with Gasteiger partial charge in [-0.2, -0.15) is 0 Å². The maximum atomic E-state index is 12.7. The number of benzene rings is 1. The first kappa shape index (κ1) is 26.7. The third-order valence-corrected chi connectivity index (χ3v) is 5.34. The van der Waals surface area contributed by atoms with Crippen molar-refractivity contribution in [1.29, 1.82) is 0 Å². The van der Waals surface area contributed by atoms with Crippen LogP contribution in [0.5, 0.6) is 11.5 Å². The Bertz CT molecular complexity index is 1420. The molecule has 2 aromatic heterocycles. The number of imidazole rings is 1. The average molecular weight is 499 g/mol. The van der Waals surface area contributed by atoms with E-state index >= 15 is 0 Å². The molecule has 0 unspecified atom stereocenters. The second kappa shape index (κ2) is 11.7. The lowest BCUT2D eigenvalue weighted by atomic mass is 10.3. The number of nitrogens with zero attached hydrogens (tertiary/aromatic N) is 3. The molecule has 0 atom stereocenters. The van der Waals surface area contributed by atoms with E-state index in [1.165, 1.54) is 30.7 Å². The van der Waals surface area contributed by atoms with E-state index in [0.717, 1.165) is 38.2 Å². The van der Waals surface area contributed by atoms with Crippen LogP contribution in [-0.2, 0) is 4.79 Å². The van der Waals surface area contributed by atoms with Crippen LogP contribution in [0.2, 0.25) is 0 Å². The zero-order valence-electron chi connectivity index (χ0n) is 21.2. The van der Waals surface area contributed by atoms with Crippen molar-refractivity contribution in [2.45, 2.75) is 71.9 Å². The Morgan fingerprint density at radius 1 is 1.14 bits per heavy atom. The Balaban J connectivity index is 0.000000208. The molecular formula is C26H31FN4O5. The molecule has 2 fully saturated rings. The van der Waals surface area contributed by atoms with Crippen LogP contribution in [0.4, 0.5) is 4.39 Å². The number of carbonyl (C=O) groups is 1. The van der Waals surface area contributed by atoms with Crippen molar-refractivity contribution in [1.82, 2.24) is 19.1 Å². The molecule has 0 spiro atoms. The van der Waals surface area contributed by atoms with E-state index < -0.39 is 11.8 Å². The quantitative estimate of drug-likeness (QED) is 0.330. The molecule has 0 amide bonds. The number of carbonyl (C=O) groups excluding carboxylic acids is 1. The number of rotatable bonds is 4. The Labute approximate surface area is 208 Å². The fraction of sp³-hybridized carbons (Fsp3) is 0.462. The number of halogens is 1. The average Bonchev–Trinajstić information content (AvgIpc) is 3.79. The number of methoxy groups -OCH3 is 1. The van der Waals surface area contributed by atoms with Crippen molar-refractivity contribution in [3.8, 4) is 23.3 Å². The van der Waals surface area contributed by atoms with Gasteiger partial charge in [0, 0.05) is 31.5 Å². The summed E-state index contributed by atoms with van der Waals surface area (Å²) in [5, 5.41) is 0. The summed E-state index contributed by atoms with van der Waals surface area (Å²) in [6.45, 7) is 7.22. The van der Waals surface area contributed by atoms with Crippen LogP contribution in [0.25, 0.3) is 11.2 Å². The van der Waals surface area contributed by atoms with Crippen molar-refractivity contribution in [2.75, 3.05) is 7.11 Å². The number of hydrogen-bond donors (Lipinski definition) is 1. The lowest BCUT2D eigenvalue weighted by molar-refractivity contribution is -0.132. The van der Waals surface area contributed by atoms with Gasteiger partial charge >= 0.3 is 11.7 Å². The molecule has 9 nitrogen and oxygen atoms in total. The summed E-state index contributed by atoms with van der Waals surface area (Å²) in [7, 11) is 1.38. The molecule has 192 valence electrons. The van der Waals surface area contributed by atoms with Gasteiger partial charge < -0.3 is 14.5 Å². The van der Waals surface area contributed by atoms with Crippen LogP contribution in [-0.4, -0.2) is 32.2 Å². The zero-order valence-corrected chi connectivity index (χ0v) is 21.2. The van der Waals surface area contributed by atoms with Gasteiger partial charge in [0.05, 0.1) is 7.11 Å². The van der Waals surface area contributed by atoms with E-state index in [-0.39, 0.29) is 34.8 Å². The standard InChI is InChI=1S/C15H16N4O2.C9H9FO3.C2H6/c1-2-3-4-11-16-12-13(17-11)18(9-5-6-9)15(21)19(14(12)20)10-7-8-10;1-6(11)13-8-4-3-7(10)5-9(8)12-2;1-2/h9-10H,2,5-8H2,1H3,(H,16,17);3-5H,1-2H3;1-2H3. The highest BCUT2D eigenvalue weighted by atomic mass is 19.1. The van der Waals surface area contributed by atoms with Gasteiger partial charge in [0.25, 0.3) is 5.56 Å². The van der Waals surface area contributed by atoms with E-state index in [2.05, 4.69) is 21.8 Å². The van der Waals surface area contributed by atoms with Gasteiger partial charge in [-0.3, -0.25) is 18.7 Å². The fourth-order valence-corrected chi connectivity index (χ4v) is 3.53. The van der Waals surface area contributed by atoms with Gasteiger partial charge in [-0.25, -0.2) is 14.2 Å². The van der Waals surface area contributed by atoms with Crippen LogP contribution in [0.15, 0.2) is 27.8 Å². The number of esters is 1. The summed E-state index contributed by atoms with van der Waals surface area (Å²) in [4.78, 5) is 43.1. The lowest BCUT2D eigenvalue weighted by Crippen LogP contribution is -2.39. The van der Waals surface area contributed by atoms with E-state index in [1.54, 1.807) is 4.57 Å². The molecule has 3 aromatic rings. The molecule has 10 heteroatoms. The molecule has 0 radical (unpaired) electrons. The molecule has 2 aliphatic rings. The Morgan fingerprint density at radius 2 is 1.78 bits per heavy atom. The summed E-state index contributed by atoms with van der Waals surface area (Å²) in [6, 6.07) is 3.93. The van der Waals surface area contributed by atoms with Gasteiger partial charge in [-0.15, -0.1) is 0 Å². The van der Waals surface area contributed by atoms with E-state index in [0.29, 0.717) is 17.0 Å². The van der Waals surface area contributed by atoms with E-state index in [9.17, 15) is 18.8 Å². The van der Waals surface area contributed by atoms with Gasteiger partial charge in [-0.05, 0) is 43.7 Å². The molecule has 0 bridgehead atoms. The number of aromatic nitrogens is 4. The predicted octanol–water partition coefficient (Wildman–Crippen LogP) is 4.10.